The molecular weight excluding hydrogens is 96.0 g/mol. The van der Waals surface area contributed by atoms with Crippen LogP contribution >= 0.6 is 0 Å². The molecule has 0 unspecified atom stereocenters. The Kier molecular flexibility index (Phi) is 12.3. The third-order valence-corrected chi connectivity index (χ3v) is 0.287. The lowest BCUT2D eigenvalue weighted by Gasteiger charge is -1.62. The molecule has 0 radical (unpaired) electrons. The second-order valence-corrected chi connectivity index (χ2v) is 0.815. The molecule has 0 saturated heterocycles. The van der Waals surface area contributed by atoms with E-state index in [0.29, 0.717) is 0 Å². The van der Waals surface area contributed by atoms with Crippen LogP contribution in [0.1, 0.15) is 6.92 Å². The van der Waals surface area contributed by atoms with Crippen molar-refractivity contribution in [3.05, 3.63) is 12.7 Å². The zero-order chi connectivity index (χ0) is 6.28. The van der Waals surface area contributed by atoms with Gasteiger partial charge in [-0.3, -0.25) is 15.3 Å². The zero-order valence-corrected chi connectivity index (χ0v) is 4.09. The van der Waals surface area contributed by atoms with Crippen molar-refractivity contribution >= 4 is 5.78 Å². The first-order chi connectivity index (χ1) is 3.27. The van der Waals surface area contributed by atoms with E-state index in [4.69, 9.17) is 10.5 Å². The molecule has 0 atom stereocenters. The first-order valence-corrected chi connectivity index (χ1v) is 1.60. The van der Waals surface area contributed by atoms with Crippen LogP contribution in [0.3, 0.4) is 0 Å². The van der Waals surface area contributed by atoms with E-state index in [1.807, 2.05) is 0 Å². The fourth-order valence-corrected chi connectivity index (χ4v) is 0. The number of carbonyl (C=O) groups excluding carboxylic acids is 1. The van der Waals surface area contributed by atoms with E-state index >= 15 is 0 Å². The van der Waals surface area contributed by atoms with Crippen molar-refractivity contribution < 1.29 is 15.3 Å². The SMILES string of the molecule is C=CC(C)=O.OO. The standard InChI is InChI=1S/C4H6O.H2O2/c1-3-4(2)5;1-2/h3H,1H2,2H3;1-2H. The summed E-state index contributed by atoms with van der Waals surface area (Å²) in [5.41, 5.74) is 0. The summed E-state index contributed by atoms with van der Waals surface area (Å²) in [6.07, 6.45) is 1.28. The Balaban J connectivity index is 0. The van der Waals surface area contributed by atoms with Gasteiger partial charge in [0.2, 0.25) is 0 Å². The maximum atomic E-state index is 9.69. The van der Waals surface area contributed by atoms with Crippen LogP contribution in [-0.2, 0) is 4.79 Å². The van der Waals surface area contributed by atoms with Crippen LogP contribution in [0.5, 0.6) is 0 Å². The topological polar surface area (TPSA) is 57.5 Å². The molecule has 42 valence electrons. The van der Waals surface area contributed by atoms with Crippen LogP contribution < -0.4 is 0 Å². The first-order valence-electron chi connectivity index (χ1n) is 1.60. The van der Waals surface area contributed by atoms with E-state index in [0.717, 1.165) is 0 Å². The van der Waals surface area contributed by atoms with Gasteiger partial charge in [-0.05, 0) is 13.0 Å². The summed E-state index contributed by atoms with van der Waals surface area (Å²) in [6, 6.07) is 0. The molecule has 0 heterocycles. The smallest absolute Gasteiger partial charge is 0.152 e. The van der Waals surface area contributed by atoms with Gasteiger partial charge in [-0.25, -0.2) is 0 Å². The van der Waals surface area contributed by atoms with Gasteiger partial charge in [0, 0.05) is 0 Å². The van der Waals surface area contributed by atoms with Gasteiger partial charge in [0.1, 0.15) is 0 Å². The Morgan fingerprint density at radius 1 is 1.71 bits per heavy atom. The van der Waals surface area contributed by atoms with Crippen LogP contribution in [0.15, 0.2) is 12.7 Å². The molecular formula is C4H8O3. The molecule has 2 N–H and O–H groups in total. The Hall–Kier alpha value is -0.670. The third kappa shape index (κ3) is 33.4. The highest BCUT2D eigenvalue weighted by atomic mass is 17.0. The lowest BCUT2D eigenvalue weighted by atomic mass is 10.5. The van der Waals surface area contributed by atoms with E-state index < -0.39 is 0 Å². The van der Waals surface area contributed by atoms with Crippen LogP contribution in [0.4, 0.5) is 0 Å². The van der Waals surface area contributed by atoms with Crippen molar-refractivity contribution in [2.45, 2.75) is 6.92 Å². The second kappa shape index (κ2) is 9.01. The fraction of sp³-hybridized carbons (Fsp3) is 0.250. The van der Waals surface area contributed by atoms with Gasteiger partial charge in [-0.1, -0.05) is 6.58 Å². The highest BCUT2D eigenvalue weighted by molar-refractivity contribution is 5.86. The van der Waals surface area contributed by atoms with Gasteiger partial charge in [0.05, 0.1) is 0 Å². The average Bonchev–Trinajstić information content (AvgIpc) is 1.73. The normalized spacial score (nSPS) is 5.57. The molecule has 0 aromatic rings. The molecule has 0 bridgehead atoms. The Morgan fingerprint density at radius 2 is 1.86 bits per heavy atom. The monoisotopic (exact) mass is 104 g/mol. The van der Waals surface area contributed by atoms with Gasteiger partial charge < -0.3 is 0 Å². The van der Waals surface area contributed by atoms with Crippen molar-refractivity contribution in [3.8, 4) is 0 Å². The molecule has 3 heteroatoms. The van der Waals surface area contributed by atoms with Gasteiger partial charge in [-0.15, -0.1) is 0 Å². The molecule has 0 amide bonds. The van der Waals surface area contributed by atoms with E-state index in [2.05, 4.69) is 6.58 Å². The average molecular weight is 104 g/mol. The number of ketones is 1. The second-order valence-electron chi connectivity index (χ2n) is 0.815. The Morgan fingerprint density at radius 3 is 1.86 bits per heavy atom. The molecule has 0 fully saturated rings. The Labute approximate surface area is 41.8 Å². The summed E-state index contributed by atoms with van der Waals surface area (Å²) in [4.78, 5) is 9.69. The summed E-state index contributed by atoms with van der Waals surface area (Å²) < 4.78 is 0. The largest absolute Gasteiger partial charge is 0.295 e. The number of rotatable bonds is 1. The van der Waals surface area contributed by atoms with E-state index in [1.165, 1.54) is 13.0 Å². The van der Waals surface area contributed by atoms with Gasteiger partial charge in [0.25, 0.3) is 0 Å². The minimum absolute atomic E-state index is 0.0185. The molecule has 0 spiro atoms. The molecule has 0 aliphatic carbocycles. The lowest BCUT2D eigenvalue weighted by molar-refractivity contribution is -0.176. The molecule has 0 aromatic carbocycles. The summed E-state index contributed by atoms with van der Waals surface area (Å²) in [7, 11) is 0. The molecule has 0 saturated carbocycles. The molecule has 0 aliphatic rings. The van der Waals surface area contributed by atoms with Crippen LogP contribution in [-0.4, -0.2) is 16.3 Å². The summed E-state index contributed by atoms with van der Waals surface area (Å²) >= 11 is 0. The predicted octanol–water partition coefficient (Wildman–Crippen LogP) is 0.779. The molecule has 3 nitrogen and oxygen atoms in total. The zero-order valence-electron chi connectivity index (χ0n) is 4.09. The van der Waals surface area contributed by atoms with E-state index in [-0.39, 0.29) is 5.78 Å². The maximum Gasteiger partial charge on any atom is 0.152 e. The van der Waals surface area contributed by atoms with E-state index in [9.17, 15) is 4.79 Å². The van der Waals surface area contributed by atoms with Crippen molar-refractivity contribution in [3.63, 3.8) is 0 Å². The quantitative estimate of drug-likeness (QED) is 0.293. The minimum atomic E-state index is 0.0185. The highest BCUT2D eigenvalue weighted by Gasteiger charge is 1.69. The summed E-state index contributed by atoms with van der Waals surface area (Å²) in [6.45, 7) is 4.68. The van der Waals surface area contributed by atoms with Crippen molar-refractivity contribution in [1.82, 2.24) is 0 Å². The number of hydrogen-bond donors (Lipinski definition) is 2. The number of allylic oxidation sites excluding steroid dienone is 1. The predicted molar refractivity (Wildman–Crippen MR) is 26.1 cm³/mol. The van der Waals surface area contributed by atoms with Crippen LogP contribution in [0.2, 0.25) is 0 Å². The van der Waals surface area contributed by atoms with Gasteiger partial charge in [-0.2, -0.15) is 0 Å². The fourth-order valence-electron chi connectivity index (χ4n) is 0. The van der Waals surface area contributed by atoms with Crippen molar-refractivity contribution in [2.24, 2.45) is 0 Å². The van der Waals surface area contributed by atoms with Crippen LogP contribution in [0, 0.1) is 0 Å². The summed E-state index contributed by atoms with van der Waals surface area (Å²) in [5, 5.41) is 12.0. The molecule has 0 aromatic heterocycles. The molecule has 7 heavy (non-hydrogen) atoms. The number of hydrogen-bond acceptors (Lipinski definition) is 3. The molecule has 0 rings (SSSR count). The molecule has 0 aliphatic heterocycles. The Bertz CT molecular complexity index is 58.0. The van der Waals surface area contributed by atoms with Crippen molar-refractivity contribution in [2.75, 3.05) is 0 Å². The summed E-state index contributed by atoms with van der Waals surface area (Å²) in [5.74, 6) is 0.0185. The maximum absolute atomic E-state index is 9.69. The van der Waals surface area contributed by atoms with Gasteiger partial charge >= 0.3 is 0 Å². The third-order valence-electron chi connectivity index (χ3n) is 0.287. The lowest BCUT2D eigenvalue weighted by Crippen LogP contribution is -1.74. The first kappa shape index (κ1) is 9.59. The van der Waals surface area contributed by atoms with Crippen molar-refractivity contribution in [1.29, 1.82) is 0 Å². The number of carbonyl (C=O) groups is 1. The highest BCUT2D eigenvalue weighted by Crippen LogP contribution is 1.60. The minimum Gasteiger partial charge on any atom is -0.295 e. The van der Waals surface area contributed by atoms with E-state index in [1.54, 1.807) is 0 Å². The van der Waals surface area contributed by atoms with Crippen LogP contribution in [0.25, 0.3) is 0 Å². The van der Waals surface area contributed by atoms with Gasteiger partial charge in [0.15, 0.2) is 5.78 Å².